The van der Waals surface area contributed by atoms with Crippen LogP contribution in [-0.4, -0.2) is 48.6 Å². The lowest BCUT2D eigenvalue weighted by Gasteiger charge is -2.61. The number of esters is 1. The molecule has 4 saturated carbocycles. The summed E-state index contributed by atoms with van der Waals surface area (Å²) in [5.74, 6) is 5.25. The first-order valence-corrected chi connectivity index (χ1v) is 17.3. The minimum Gasteiger partial charge on any atom is -0.461 e. The number of thioether (sulfide) groups is 1. The Morgan fingerprint density at radius 1 is 1.03 bits per heavy atom. The first-order valence-electron chi connectivity index (χ1n) is 15.9. The summed E-state index contributed by atoms with van der Waals surface area (Å²) in [5, 5.41) is 0. The predicted molar refractivity (Wildman–Crippen MR) is 153 cm³/mol. The molecule has 0 aromatic carbocycles. The molecular formula is C32H53NO4S. The van der Waals surface area contributed by atoms with Gasteiger partial charge in [-0.15, -0.1) is 0 Å². The molecule has 216 valence electrons. The number of hydrogen-bond donors (Lipinski definition) is 1. The Morgan fingerprint density at radius 3 is 2.55 bits per heavy atom. The third-order valence-electron chi connectivity index (χ3n) is 13.1. The van der Waals surface area contributed by atoms with E-state index >= 15 is 0 Å². The van der Waals surface area contributed by atoms with Crippen molar-refractivity contribution < 1.29 is 19.0 Å². The number of rotatable bonds is 5. The molecule has 6 fully saturated rings. The van der Waals surface area contributed by atoms with Gasteiger partial charge in [-0.2, -0.15) is 11.8 Å². The van der Waals surface area contributed by atoms with Crippen molar-refractivity contribution in [2.75, 3.05) is 18.6 Å². The third-order valence-corrected chi connectivity index (χ3v) is 13.7. The van der Waals surface area contributed by atoms with E-state index in [9.17, 15) is 4.79 Å². The van der Waals surface area contributed by atoms with Crippen LogP contribution in [0.4, 0.5) is 0 Å². The Balaban J connectivity index is 1.12. The van der Waals surface area contributed by atoms with Gasteiger partial charge in [0.15, 0.2) is 5.79 Å². The zero-order valence-electron chi connectivity index (χ0n) is 24.6. The molecule has 8 unspecified atom stereocenters. The number of carbonyl (C=O) groups is 1. The van der Waals surface area contributed by atoms with Gasteiger partial charge in [0.05, 0.1) is 12.7 Å². The Kier molecular flexibility index (Phi) is 7.48. The second-order valence-corrected chi connectivity index (χ2v) is 15.9. The Morgan fingerprint density at radius 2 is 1.82 bits per heavy atom. The van der Waals surface area contributed by atoms with Gasteiger partial charge in [-0.25, -0.2) is 0 Å². The van der Waals surface area contributed by atoms with Gasteiger partial charge in [-0.1, -0.05) is 27.7 Å². The summed E-state index contributed by atoms with van der Waals surface area (Å²) >= 11 is 1.73. The monoisotopic (exact) mass is 547 g/mol. The van der Waals surface area contributed by atoms with Crippen molar-refractivity contribution in [2.45, 2.75) is 122 Å². The van der Waals surface area contributed by atoms with Crippen molar-refractivity contribution in [3.63, 3.8) is 0 Å². The fourth-order valence-corrected chi connectivity index (χ4v) is 11.4. The van der Waals surface area contributed by atoms with Gasteiger partial charge in [0.1, 0.15) is 12.1 Å². The Labute approximate surface area is 235 Å². The van der Waals surface area contributed by atoms with Crippen LogP contribution in [0.2, 0.25) is 0 Å². The van der Waals surface area contributed by atoms with Crippen LogP contribution in [0.25, 0.3) is 0 Å². The van der Waals surface area contributed by atoms with E-state index in [4.69, 9.17) is 19.9 Å². The molecule has 0 aromatic rings. The maximum absolute atomic E-state index is 12.6. The number of nitrogens with two attached hydrogens (primary N) is 1. The summed E-state index contributed by atoms with van der Waals surface area (Å²) in [5.41, 5.74) is 6.88. The van der Waals surface area contributed by atoms with Crippen LogP contribution in [0.3, 0.4) is 0 Å². The molecule has 4 aliphatic carbocycles. The van der Waals surface area contributed by atoms with E-state index in [0.29, 0.717) is 47.0 Å². The molecule has 0 radical (unpaired) electrons. The molecule has 6 rings (SSSR count). The SMILES string of the molecule is CSCCC(N)C(=O)O[C@@H]1CC[C@@]2(C)C(CCC3C2CC[C@@]2(C)C3CC3O[C@]4(CC[C@@H](C)CO4)C(C)C32)C1. The second-order valence-electron chi connectivity index (χ2n) is 14.9. The third kappa shape index (κ3) is 4.32. The maximum Gasteiger partial charge on any atom is 0.323 e. The van der Waals surface area contributed by atoms with Crippen LogP contribution in [-0.2, 0) is 19.0 Å². The molecule has 2 N–H and O–H groups in total. The van der Waals surface area contributed by atoms with E-state index in [1.165, 1.54) is 44.9 Å². The van der Waals surface area contributed by atoms with E-state index in [-0.39, 0.29) is 17.9 Å². The van der Waals surface area contributed by atoms with Gasteiger partial charge in [-0.3, -0.25) is 4.79 Å². The number of ether oxygens (including phenoxy) is 3. The number of hydrogen-bond acceptors (Lipinski definition) is 6. The van der Waals surface area contributed by atoms with E-state index in [0.717, 1.165) is 49.4 Å². The number of carbonyl (C=O) groups excluding carboxylic acids is 1. The zero-order chi connectivity index (χ0) is 26.9. The highest BCUT2D eigenvalue weighted by atomic mass is 32.2. The van der Waals surface area contributed by atoms with Crippen LogP contribution in [0.1, 0.15) is 98.3 Å². The highest BCUT2D eigenvalue weighted by Gasteiger charge is 2.69. The smallest absolute Gasteiger partial charge is 0.323 e. The quantitative estimate of drug-likeness (QED) is 0.400. The average Bonchev–Trinajstić information content (AvgIpc) is 3.34. The standard InChI is InChI=1S/C32H53NO4S/c1-19-8-14-32(35-18-19)20(2)28-27(37-32)17-25-23-7-6-21-16-22(36-29(34)26(33)11-15-38-5)9-12-30(21,3)24(23)10-13-31(25,28)4/h19-28H,6-18,33H2,1-5H3/t19-,20?,21?,22-,23?,24?,25?,26?,27?,28?,30+,31+,32-/m1/s1. The molecule has 2 saturated heterocycles. The van der Waals surface area contributed by atoms with Crippen molar-refractivity contribution in [3.05, 3.63) is 0 Å². The summed E-state index contributed by atoms with van der Waals surface area (Å²) in [6, 6.07) is -0.476. The molecule has 2 aliphatic heterocycles. The van der Waals surface area contributed by atoms with Crippen LogP contribution in [0, 0.1) is 52.3 Å². The van der Waals surface area contributed by atoms with Gasteiger partial charge in [0.2, 0.25) is 0 Å². The Bertz CT molecular complexity index is 891. The first-order chi connectivity index (χ1) is 18.1. The predicted octanol–water partition coefficient (Wildman–Crippen LogP) is 6.43. The largest absolute Gasteiger partial charge is 0.461 e. The molecule has 1 spiro atoms. The minimum absolute atomic E-state index is 0.0563. The fraction of sp³-hybridized carbons (Fsp3) is 0.969. The summed E-state index contributed by atoms with van der Waals surface area (Å²) < 4.78 is 19.5. The molecule has 0 bridgehead atoms. The van der Waals surface area contributed by atoms with Gasteiger partial charge in [0.25, 0.3) is 0 Å². The molecule has 2 heterocycles. The van der Waals surface area contributed by atoms with Crippen LogP contribution >= 0.6 is 11.8 Å². The fourth-order valence-electron chi connectivity index (χ4n) is 11.0. The van der Waals surface area contributed by atoms with Crippen molar-refractivity contribution in [2.24, 2.45) is 58.0 Å². The maximum atomic E-state index is 12.6. The van der Waals surface area contributed by atoms with Gasteiger partial charge in [-0.05, 0) is 123 Å². The van der Waals surface area contributed by atoms with Crippen molar-refractivity contribution in [3.8, 4) is 0 Å². The zero-order valence-corrected chi connectivity index (χ0v) is 25.4. The van der Waals surface area contributed by atoms with E-state index < -0.39 is 6.04 Å². The Hall–Kier alpha value is -0.300. The van der Waals surface area contributed by atoms with Crippen molar-refractivity contribution >= 4 is 17.7 Å². The topological polar surface area (TPSA) is 70.8 Å². The second kappa shape index (κ2) is 10.2. The summed E-state index contributed by atoms with van der Waals surface area (Å²) in [7, 11) is 0. The van der Waals surface area contributed by atoms with E-state index in [2.05, 4.69) is 34.0 Å². The van der Waals surface area contributed by atoms with Crippen molar-refractivity contribution in [1.82, 2.24) is 0 Å². The molecule has 0 aromatic heterocycles. The van der Waals surface area contributed by atoms with E-state index in [1.807, 2.05) is 0 Å². The summed E-state index contributed by atoms with van der Waals surface area (Å²) in [4.78, 5) is 12.6. The molecule has 6 heteroatoms. The molecule has 0 amide bonds. The lowest BCUT2D eigenvalue weighted by atomic mass is 9.44. The summed E-state index contributed by atoms with van der Waals surface area (Å²) in [6.45, 7) is 10.8. The summed E-state index contributed by atoms with van der Waals surface area (Å²) in [6.07, 6.45) is 15.3. The lowest BCUT2D eigenvalue weighted by molar-refractivity contribution is -0.273. The lowest BCUT2D eigenvalue weighted by Crippen LogP contribution is -2.55. The minimum atomic E-state index is -0.476. The van der Waals surface area contributed by atoms with Crippen LogP contribution in [0.5, 0.6) is 0 Å². The first kappa shape index (κ1) is 27.8. The molecule has 5 nitrogen and oxygen atoms in total. The highest BCUT2D eigenvalue weighted by Crippen LogP contribution is 2.71. The van der Waals surface area contributed by atoms with E-state index in [1.54, 1.807) is 11.8 Å². The van der Waals surface area contributed by atoms with Gasteiger partial charge >= 0.3 is 5.97 Å². The average molecular weight is 548 g/mol. The molecule has 6 aliphatic rings. The van der Waals surface area contributed by atoms with Crippen molar-refractivity contribution in [1.29, 1.82) is 0 Å². The van der Waals surface area contributed by atoms with Crippen LogP contribution in [0.15, 0.2) is 0 Å². The van der Waals surface area contributed by atoms with Crippen LogP contribution < -0.4 is 5.73 Å². The normalized spacial score (nSPS) is 52.5. The van der Waals surface area contributed by atoms with Gasteiger partial charge in [0, 0.05) is 12.3 Å². The molecular weight excluding hydrogens is 494 g/mol. The van der Waals surface area contributed by atoms with Gasteiger partial charge < -0.3 is 19.9 Å². The number of fused-ring (bicyclic) bond motifs is 7. The highest BCUT2D eigenvalue weighted by molar-refractivity contribution is 7.98. The molecule has 38 heavy (non-hydrogen) atoms. The molecule has 13 atom stereocenters.